The first kappa shape index (κ1) is 13.8. The van der Waals surface area contributed by atoms with E-state index in [2.05, 4.69) is 9.44 Å². The number of hydrogen-bond acceptors (Lipinski definition) is 4. The molecule has 0 aromatic heterocycles. The van der Waals surface area contributed by atoms with Crippen LogP contribution in [-0.4, -0.2) is 40.8 Å². The van der Waals surface area contributed by atoms with Crippen LogP contribution in [0.25, 0.3) is 0 Å². The van der Waals surface area contributed by atoms with Gasteiger partial charge in [-0.05, 0) is 13.8 Å². The lowest BCUT2D eigenvalue weighted by molar-refractivity contribution is 0.147. The first-order chi connectivity index (χ1) is 6.48. The van der Waals surface area contributed by atoms with Gasteiger partial charge in [0.05, 0.1) is 13.2 Å². The second kappa shape index (κ2) is 7.13. The number of nitrogens with one attached hydrogen (secondary N) is 2. The van der Waals surface area contributed by atoms with Crippen LogP contribution in [0.2, 0.25) is 0 Å². The van der Waals surface area contributed by atoms with Gasteiger partial charge in [-0.15, -0.1) is 0 Å². The van der Waals surface area contributed by atoms with E-state index in [1.807, 2.05) is 0 Å². The van der Waals surface area contributed by atoms with Crippen LogP contribution in [0.15, 0.2) is 0 Å². The summed E-state index contributed by atoms with van der Waals surface area (Å²) in [4.78, 5) is 0. The van der Waals surface area contributed by atoms with Crippen molar-refractivity contribution in [3.63, 3.8) is 0 Å². The van der Waals surface area contributed by atoms with Crippen molar-refractivity contribution in [3.05, 3.63) is 0 Å². The van der Waals surface area contributed by atoms with Gasteiger partial charge >= 0.3 is 0 Å². The number of hydrogen-bond donors (Lipinski definition) is 3. The van der Waals surface area contributed by atoms with Gasteiger partial charge in [0, 0.05) is 19.1 Å². The van der Waals surface area contributed by atoms with E-state index >= 15 is 0 Å². The van der Waals surface area contributed by atoms with Crippen LogP contribution in [0.5, 0.6) is 0 Å². The fourth-order valence-electron chi connectivity index (χ4n) is 0.786. The average molecular weight is 225 g/mol. The fraction of sp³-hybridized carbons (Fsp3) is 1.00. The fourth-order valence-corrected chi connectivity index (χ4v) is 1.84. The van der Waals surface area contributed by atoms with E-state index < -0.39 is 10.2 Å². The molecule has 0 atom stereocenters. The maximum absolute atomic E-state index is 11.2. The first-order valence-electron chi connectivity index (χ1n) is 4.52. The minimum atomic E-state index is -3.38. The molecule has 0 radical (unpaired) electrons. The highest BCUT2D eigenvalue weighted by atomic mass is 32.2. The zero-order chi connectivity index (χ0) is 11.0. The van der Waals surface area contributed by atoms with E-state index in [0.717, 1.165) is 0 Å². The van der Waals surface area contributed by atoms with Gasteiger partial charge in [-0.2, -0.15) is 17.9 Å². The molecular weight excluding hydrogens is 206 g/mol. The molecule has 6 nitrogen and oxygen atoms in total. The predicted octanol–water partition coefficient (Wildman–Crippen LogP) is -1.21. The zero-order valence-corrected chi connectivity index (χ0v) is 9.43. The van der Waals surface area contributed by atoms with E-state index in [1.54, 1.807) is 13.8 Å². The molecule has 4 N–H and O–H groups in total. The molecular formula is C7H19N3O3S. The highest BCUT2D eigenvalue weighted by Crippen LogP contribution is 1.83. The molecule has 0 aliphatic heterocycles. The Morgan fingerprint density at radius 1 is 1.36 bits per heavy atom. The maximum Gasteiger partial charge on any atom is 0.277 e. The van der Waals surface area contributed by atoms with Crippen LogP contribution < -0.4 is 15.2 Å². The lowest BCUT2D eigenvalue weighted by atomic mass is 10.4. The summed E-state index contributed by atoms with van der Waals surface area (Å²) < 4.78 is 32.1. The quantitative estimate of drug-likeness (QED) is 0.452. The van der Waals surface area contributed by atoms with Crippen molar-refractivity contribution in [1.29, 1.82) is 0 Å². The maximum atomic E-state index is 11.2. The Morgan fingerprint density at radius 3 is 2.50 bits per heavy atom. The van der Waals surface area contributed by atoms with E-state index in [-0.39, 0.29) is 12.6 Å². The third-order valence-electron chi connectivity index (χ3n) is 1.19. The highest BCUT2D eigenvalue weighted by Gasteiger charge is 2.09. The molecule has 0 heterocycles. The predicted molar refractivity (Wildman–Crippen MR) is 55.1 cm³/mol. The lowest BCUT2D eigenvalue weighted by Crippen LogP contribution is -2.41. The number of ether oxygens (including phenoxy) is 1. The van der Waals surface area contributed by atoms with E-state index in [9.17, 15) is 8.42 Å². The molecule has 86 valence electrons. The van der Waals surface area contributed by atoms with Crippen molar-refractivity contribution >= 4 is 10.2 Å². The van der Waals surface area contributed by atoms with Gasteiger partial charge in [0.1, 0.15) is 0 Å². The van der Waals surface area contributed by atoms with Crippen LogP contribution in [0.3, 0.4) is 0 Å². The van der Waals surface area contributed by atoms with Crippen molar-refractivity contribution < 1.29 is 13.2 Å². The summed E-state index contributed by atoms with van der Waals surface area (Å²) in [5.41, 5.74) is 5.19. The summed E-state index contributed by atoms with van der Waals surface area (Å²) in [6.07, 6.45) is 0. The molecule has 0 rings (SSSR count). The van der Waals surface area contributed by atoms with Gasteiger partial charge in [-0.1, -0.05) is 0 Å². The third-order valence-corrected chi connectivity index (χ3v) is 2.56. The summed E-state index contributed by atoms with van der Waals surface area (Å²) >= 11 is 0. The Bertz CT molecular complexity index is 228. The molecule has 0 aliphatic carbocycles. The Labute approximate surface area is 85.4 Å². The van der Waals surface area contributed by atoms with Gasteiger partial charge in [0.25, 0.3) is 10.2 Å². The van der Waals surface area contributed by atoms with Gasteiger partial charge in [0.2, 0.25) is 0 Å². The standard InChI is InChI=1S/C7H19N3O3S/c1-7(2)10-14(11,12)9-4-6-13-5-3-8/h7,9-10H,3-6,8H2,1-2H3. The van der Waals surface area contributed by atoms with E-state index in [4.69, 9.17) is 10.5 Å². The summed E-state index contributed by atoms with van der Waals surface area (Å²) in [7, 11) is -3.38. The third kappa shape index (κ3) is 8.39. The molecule has 0 fully saturated rings. The molecule has 0 saturated heterocycles. The van der Waals surface area contributed by atoms with Gasteiger partial charge in [-0.3, -0.25) is 0 Å². The second-order valence-corrected chi connectivity index (χ2v) is 4.60. The van der Waals surface area contributed by atoms with Gasteiger partial charge in [-0.25, -0.2) is 0 Å². The van der Waals surface area contributed by atoms with Crippen molar-refractivity contribution in [1.82, 2.24) is 9.44 Å². The van der Waals surface area contributed by atoms with Crippen LogP contribution >= 0.6 is 0 Å². The molecule has 0 aliphatic rings. The molecule has 0 saturated carbocycles. The summed E-state index contributed by atoms with van der Waals surface area (Å²) in [6.45, 7) is 4.98. The van der Waals surface area contributed by atoms with Crippen molar-refractivity contribution in [2.75, 3.05) is 26.3 Å². The number of rotatable bonds is 8. The summed E-state index contributed by atoms with van der Waals surface area (Å²) in [6, 6.07) is -0.113. The van der Waals surface area contributed by atoms with Crippen LogP contribution in [-0.2, 0) is 14.9 Å². The van der Waals surface area contributed by atoms with Gasteiger partial charge < -0.3 is 10.5 Å². The van der Waals surface area contributed by atoms with Crippen LogP contribution in [0.1, 0.15) is 13.8 Å². The zero-order valence-electron chi connectivity index (χ0n) is 8.62. The van der Waals surface area contributed by atoms with Crippen molar-refractivity contribution in [2.45, 2.75) is 19.9 Å². The molecule has 0 bridgehead atoms. The molecule has 0 aromatic rings. The SMILES string of the molecule is CC(C)NS(=O)(=O)NCCOCCN. The molecule has 7 heteroatoms. The minimum absolute atomic E-state index is 0.113. The lowest BCUT2D eigenvalue weighted by Gasteiger charge is -2.10. The smallest absolute Gasteiger partial charge is 0.277 e. The molecule has 0 aromatic carbocycles. The second-order valence-electron chi connectivity index (χ2n) is 3.07. The first-order valence-corrected chi connectivity index (χ1v) is 6.01. The van der Waals surface area contributed by atoms with E-state index in [1.165, 1.54) is 0 Å². The average Bonchev–Trinajstić information content (AvgIpc) is 2.01. The van der Waals surface area contributed by atoms with Crippen molar-refractivity contribution in [2.24, 2.45) is 5.73 Å². The Kier molecular flexibility index (Phi) is 7.02. The Morgan fingerprint density at radius 2 is 2.00 bits per heavy atom. The molecule has 14 heavy (non-hydrogen) atoms. The van der Waals surface area contributed by atoms with Crippen LogP contribution in [0, 0.1) is 0 Å². The topological polar surface area (TPSA) is 93.5 Å². The van der Waals surface area contributed by atoms with Gasteiger partial charge in [0.15, 0.2) is 0 Å². The summed E-state index contributed by atoms with van der Waals surface area (Å²) in [5.74, 6) is 0. The minimum Gasteiger partial charge on any atom is -0.379 e. The normalized spacial score (nSPS) is 12.3. The van der Waals surface area contributed by atoms with E-state index in [0.29, 0.717) is 19.8 Å². The molecule has 0 unspecified atom stereocenters. The molecule has 0 amide bonds. The van der Waals surface area contributed by atoms with Crippen LogP contribution in [0.4, 0.5) is 0 Å². The largest absolute Gasteiger partial charge is 0.379 e. The Hall–Kier alpha value is -0.210. The Balaban J connectivity index is 3.56. The number of nitrogens with two attached hydrogens (primary N) is 1. The molecule has 0 spiro atoms. The monoisotopic (exact) mass is 225 g/mol. The highest BCUT2D eigenvalue weighted by molar-refractivity contribution is 7.87. The van der Waals surface area contributed by atoms with Crippen molar-refractivity contribution in [3.8, 4) is 0 Å². The summed E-state index contributed by atoms with van der Waals surface area (Å²) in [5, 5.41) is 0.